The molecule has 4 aromatic heterocycles. The van der Waals surface area contributed by atoms with E-state index >= 15 is 0 Å². The van der Waals surface area contributed by atoms with Crippen LogP contribution in [0.1, 0.15) is 31.5 Å². The van der Waals surface area contributed by atoms with Crippen molar-refractivity contribution in [2.45, 2.75) is 32.7 Å². The van der Waals surface area contributed by atoms with Crippen molar-refractivity contribution in [2.24, 2.45) is 0 Å². The van der Waals surface area contributed by atoms with E-state index in [-0.39, 0.29) is 6.04 Å². The van der Waals surface area contributed by atoms with Crippen LogP contribution in [0.4, 0.5) is 22.6 Å². The van der Waals surface area contributed by atoms with Gasteiger partial charge >= 0.3 is 0 Å². The summed E-state index contributed by atoms with van der Waals surface area (Å²) >= 11 is 1.59. The summed E-state index contributed by atoms with van der Waals surface area (Å²) < 4.78 is 2.14. The molecule has 158 valence electrons. The molecule has 31 heavy (non-hydrogen) atoms. The van der Waals surface area contributed by atoms with Crippen LogP contribution in [0.3, 0.4) is 0 Å². The highest BCUT2D eigenvalue weighted by Gasteiger charge is 2.24. The summed E-state index contributed by atoms with van der Waals surface area (Å²) in [5.41, 5.74) is 2.01. The molecule has 1 unspecified atom stereocenters. The molecule has 0 aliphatic carbocycles. The van der Waals surface area contributed by atoms with Crippen molar-refractivity contribution >= 4 is 44.8 Å². The Labute approximate surface area is 183 Å². The van der Waals surface area contributed by atoms with Gasteiger partial charge in [-0.25, -0.2) is 19.9 Å². The number of nitrogens with one attached hydrogen (secondary N) is 2. The van der Waals surface area contributed by atoms with Crippen LogP contribution in [-0.2, 0) is 0 Å². The Balaban J connectivity index is 1.48. The van der Waals surface area contributed by atoms with Gasteiger partial charge in [0.1, 0.15) is 11.6 Å². The summed E-state index contributed by atoms with van der Waals surface area (Å²) in [5.74, 6) is 3.15. The molecule has 1 atom stereocenters. The molecule has 1 fully saturated rings. The lowest BCUT2D eigenvalue weighted by molar-refractivity contribution is 0.480. The molecular formula is C21H23N9S. The third kappa shape index (κ3) is 3.18. The third-order valence-corrected chi connectivity index (χ3v) is 7.01. The van der Waals surface area contributed by atoms with Crippen molar-refractivity contribution < 1.29 is 0 Å². The zero-order valence-electron chi connectivity index (χ0n) is 17.5. The number of aryl methyl sites for hydroxylation is 1. The average molecular weight is 434 g/mol. The minimum absolute atomic E-state index is 0.228. The van der Waals surface area contributed by atoms with E-state index in [1.165, 1.54) is 6.42 Å². The number of fused-ring (bicyclic) bond motifs is 6. The van der Waals surface area contributed by atoms with E-state index in [0.717, 1.165) is 64.3 Å². The number of thiazole rings is 1. The smallest absolute Gasteiger partial charge is 0.183 e. The van der Waals surface area contributed by atoms with Crippen molar-refractivity contribution in [2.75, 3.05) is 35.2 Å². The van der Waals surface area contributed by atoms with Crippen molar-refractivity contribution in [1.29, 1.82) is 0 Å². The summed E-state index contributed by atoms with van der Waals surface area (Å²) in [6.45, 7) is 7.13. The van der Waals surface area contributed by atoms with Crippen molar-refractivity contribution in [3.63, 3.8) is 0 Å². The molecule has 4 aromatic rings. The molecule has 6 heterocycles. The second-order valence-corrected chi connectivity index (χ2v) is 9.08. The number of pyridine rings is 1. The predicted octanol–water partition coefficient (Wildman–Crippen LogP) is 3.98. The van der Waals surface area contributed by atoms with E-state index in [0.29, 0.717) is 11.6 Å². The van der Waals surface area contributed by atoms with Crippen LogP contribution in [0.2, 0.25) is 0 Å². The van der Waals surface area contributed by atoms with Crippen molar-refractivity contribution in [3.05, 3.63) is 30.2 Å². The third-order valence-electron chi connectivity index (χ3n) is 5.90. The average Bonchev–Trinajstić information content (AvgIpc) is 3.27. The van der Waals surface area contributed by atoms with E-state index in [2.05, 4.69) is 48.2 Å². The molecule has 2 N–H and O–H groups in total. The molecule has 2 aliphatic heterocycles. The Morgan fingerprint density at radius 3 is 2.90 bits per heavy atom. The number of hydrogen-bond acceptors (Lipinski definition) is 9. The highest BCUT2D eigenvalue weighted by atomic mass is 32.1. The first-order valence-electron chi connectivity index (χ1n) is 10.6. The van der Waals surface area contributed by atoms with E-state index in [1.54, 1.807) is 17.5 Å². The van der Waals surface area contributed by atoms with Crippen LogP contribution in [0.5, 0.6) is 0 Å². The van der Waals surface area contributed by atoms with Gasteiger partial charge in [-0.15, -0.1) is 0 Å². The van der Waals surface area contributed by atoms with Gasteiger partial charge in [-0.3, -0.25) is 4.68 Å². The molecule has 0 radical (unpaired) electrons. The first-order chi connectivity index (χ1) is 15.2. The molecule has 2 aliphatic rings. The Kier molecular flexibility index (Phi) is 4.27. The van der Waals surface area contributed by atoms with Gasteiger partial charge in [0.15, 0.2) is 16.8 Å². The molecule has 0 aromatic carbocycles. The largest absolute Gasteiger partial charge is 0.361 e. The number of nitrogens with zero attached hydrogens (tertiary/aromatic N) is 7. The van der Waals surface area contributed by atoms with Gasteiger partial charge in [-0.05, 0) is 32.8 Å². The van der Waals surface area contributed by atoms with Gasteiger partial charge in [-0.1, -0.05) is 11.3 Å². The normalized spacial score (nSPS) is 18.1. The van der Waals surface area contributed by atoms with Gasteiger partial charge in [0, 0.05) is 38.1 Å². The number of anilines is 4. The van der Waals surface area contributed by atoms with Crippen LogP contribution in [0.15, 0.2) is 24.5 Å². The second kappa shape index (κ2) is 7.16. The summed E-state index contributed by atoms with van der Waals surface area (Å²) in [7, 11) is 0. The topological polar surface area (TPSA) is 96.7 Å². The van der Waals surface area contributed by atoms with Gasteiger partial charge in [0.05, 0.1) is 27.5 Å². The fourth-order valence-electron chi connectivity index (χ4n) is 4.04. The van der Waals surface area contributed by atoms with E-state index < -0.39 is 0 Å². The van der Waals surface area contributed by atoms with Crippen LogP contribution in [0, 0.1) is 6.92 Å². The zero-order chi connectivity index (χ0) is 20.9. The van der Waals surface area contributed by atoms with Gasteiger partial charge in [0.25, 0.3) is 0 Å². The van der Waals surface area contributed by atoms with Gasteiger partial charge < -0.3 is 15.5 Å². The van der Waals surface area contributed by atoms with Crippen LogP contribution >= 0.6 is 11.3 Å². The van der Waals surface area contributed by atoms with Crippen molar-refractivity contribution in [3.8, 4) is 10.7 Å². The quantitative estimate of drug-likeness (QED) is 0.465. The maximum absolute atomic E-state index is 5.01. The Bertz CT molecular complexity index is 1270. The van der Waals surface area contributed by atoms with Crippen LogP contribution in [-0.4, -0.2) is 49.4 Å². The molecule has 6 rings (SSSR count). The van der Waals surface area contributed by atoms with Gasteiger partial charge in [-0.2, -0.15) is 5.10 Å². The maximum atomic E-state index is 5.01. The Hall–Kier alpha value is -3.27. The monoisotopic (exact) mass is 433 g/mol. The fourth-order valence-corrected chi connectivity index (χ4v) is 4.97. The molecule has 0 amide bonds. The Morgan fingerprint density at radius 2 is 2.06 bits per heavy atom. The second-order valence-electron chi connectivity index (χ2n) is 8.08. The standard InChI is InChI=1S/C21H23N9S/c1-12-4-6-23-21-25-13(2)18(31-21)19-22-7-5-16(27-19)26-17-10-15-14(11-24-17)20(28-30(12)15)29-8-3-9-29/h5,7,10-12H,3-4,6,8-9H2,1-2H3,(H,23,25)(H,22,24,26,27). The predicted molar refractivity (Wildman–Crippen MR) is 123 cm³/mol. The van der Waals surface area contributed by atoms with Crippen LogP contribution in [0.25, 0.3) is 21.6 Å². The lowest BCUT2D eigenvalue weighted by Gasteiger charge is -2.31. The van der Waals surface area contributed by atoms with Crippen molar-refractivity contribution in [1.82, 2.24) is 29.7 Å². The Morgan fingerprint density at radius 1 is 1.16 bits per heavy atom. The highest BCUT2D eigenvalue weighted by Crippen LogP contribution is 2.34. The molecule has 1 saturated heterocycles. The van der Waals surface area contributed by atoms with E-state index in [1.807, 2.05) is 19.2 Å². The first-order valence-corrected chi connectivity index (χ1v) is 11.4. The maximum Gasteiger partial charge on any atom is 0.183 e. The SMILES string of the molecule is Cc1nc2sc1-c1nccc(n1)Nc1cc3c(cn1)c(N1CCC1)nn3C(C)CCN2. The molecular weight excluding hydrogens is 410 g/mol. The molecule has 9 nitrogen and oxygen atoms in total. The molecule has 0 spiro atoms. The molecule has 0 saturated carbocycles. The highest BCUT2D eigenvalue weighted by molar-refractivity contribution is 7.19. The number of rotatable bonds is 1. The minimum atomic E-state index is 0.228. The van der Waals surface area contributed by atoms with E-state index in [9.17, 15) is 0 Å². The summed E-state index contributed by atoms with van der Waals surface area (Å²) in [6, 6.07) is 4.16. The number of hydrogen-bond donors (Lipinski definition) is 2. The zero-order valence-corrected chi connectivity index (χ0v) is 18.3. The summed E-state index contributed by atoms with van der Waals surface area (Å²) in [4.78, 5) is 21.8. The summed E-state index contributed by atoms with van der Waals surface area (Å²) in [5, 5.41) is 13.8. The van der Waals surface area contributed by atoms with Crippen LogP contribution < -0.4 is 15.5 Å². The van der Waals surface area contributed by atoms with E-state index in [4.69, 9.17) is 10.1 Å². The summed E-state index contributed by atoms with van der Waals surface area (Å²) in [6.07, 6.45) is 5.84. The lowest BCUT2D eigenvalue weighted by atomic mass is 10.2. The molecule has 10 heteroatoms. The lowest BCUT2D eigenvalue weighted by Crippen LogP contribution is -2.37. The first kappa shape index (κ1) is 18.5. The molecule has 6 bridgehead atoms. The minimum Gasteiger partial charge on any atom is -0.361 e. The fraction of sp³-hybridized carbons (Fsp3) is 0.381. The van der Waals surface area contributed by atoms with Gasteiger partial charge in [0.2, 0.25) is 0 Å². The number of aromatic nitrogens is 6.